The predicted octanol–water partition coefficient (Wildman–Crippen LogP) is -2.45. The van der Waals surface area contributed by atoms with E-state index < -0.39 is 35.2 Å². The van der Waals surface area contributed by atoms with Crippen LogP contribution in [0.4, 0.5) is 5.13 Å². The minimum Gasteiger partial charge on any atom is -0.543 e. The van der Waals surface area contributed by atoms with Crippen molar-refractivity contribution < 1.29 is 28.9 Å². The zero-order valence-corrected chi connectivity index (χ0v) is 19.5. The van der Waals surface area contributed by atoms with Gasteiger partial charge in [-0.05, 0) is 6.07 Å². The zero-order chi connectivity index (χ0) is 24.7. The lowest BCUT2D eigenvalue weighted by molar-refractivity contribution is -0.662. The molecule has 5 heterocycles. The summed E-state index contributed by atoms with van der Waals surface area (Å²) in [6.45, 7) is 0.257. The number of aromatic nitrogens is 4. The lowest BCUT2D eigenvalue weighted by Crippen LogP contribution is -2.71. The fourth-order valence-electron chi connectivity index (χ4n) is 4.11. The first kappa shape index (κ1) is 22.8. The molecule has 2 aliphatic rings. The number of pyridine rings is 1. The van der Waals surface area contributed by atoms with E-state index in [1.807, 2.05) is 45.8 Å². The molecular formula is C20H18N8O5S2. The average Bonchev–Trinajstić information content (AvgIpc) is 3.46. The van der Waals surface area contributed by atoms with E-state index in [9.17, 15) is 24.3 Å². The number of nitrogens with two attached hydrogens (primary N) is 1. The molecule has 0 aromatic carbocycles. The maximum atomic E-state index is 13.0. The van der Waals surface area contributed by atoms with Crippen LogP contribution >= 0.6 is 23.3 Å². The van der Waals surface area contributed by atoms with Gasteiger partial charge in [0.2, 0.25) is 6.41 Å². The van der Waals surface area contributed by atoms with E-state index >= 15 is 0 Å². The highest BCUT2D eigenvalue weighted by molar-refractivity contribution is 8.00. The number of carbonyl (C=O) groups is 4. The molecule has 35 heavy (non-hydrogen) atoms. The molecule has 5 rings (SSSR count). The summed E-state index contributed by atoms with van der Waals surface area (Å²) in [5, 5.41) is 16.4. The first-order valence-electron chi connectivity index (χ1n) is 10.3. The number of anilines is 1. The minimum atomic E-state index is -1.46. The maximum absolute atomic E-state index is 13.0. The van der Waals surface area contributed by atoms with E-state index in [1.54, 1.807) is 0 Å². The molecule has 2 aliphatic heterocycles. The van der Waals surface area contributed by atoms with Crippen LogP contribution in [0, 0.1) is 0 Å². The molecular weight excluding hydrogens is 496 g/mol. The summed E-state index contributed by atoms with van der Waals surface area (Å²) in [5.41, 5.74) is 6.75. The van der Waals surface area contributed by atoms with Gasteiger partial charge in [0.05, 0.1) is 17.9 Å². The number of nitrogens with zero attached hydrogens (tertiary/aromatic N) is 5. The second-order valence-electron chi connectivity index (χ2n) is 7.74. The third-order valence-electron chi connectivity index (χ3n) is 5.68. The van der Waals surface area contributed by atoms with Crippen molar-refractivity contribution in [1.29, 1.82) is 0 Å². The van der Waals surface area contributed by atoms with Crippen LogP contribution in [0.1, 0.15) is 11.9 Å². The van der Waals surface area contributed by atoms with Crippen LogP contribution in [0.25, 0.3) is 5.65 Å². The van der Waals surface area contributed by atoms with E-state index in [0.717, 1.165) is 22.1 Å². The molecule has 3 atom stereocenters. The molecule has 15 heteroatoms. The number of fused-ring (bicyclic) bond motifs is 2. The van der Waals surface area contributed by atoms with Crippen LogP contribution in [-0.2, 0) is 25.7 Å². The van der Waals surface area contributed by atoms with Crippen LogP contribution < -0.4 is 26.0 Å². The summed E-state index contributed by atoms with van der Waals surface area (Å²) in [4.78, 5) is 53.9. The number of imidazole rings is 1. The fraction of sp³-hybridized carbons (Fsp3) is 0.250. The first-order valence-corrected chi connectivity index (χ1v) is 12.1. The third kappa shape index (κ3) is 3.97. The number of nitrogens with one attached hydrogen (secondary N) is 2. The van der Waals surface area contributed by atoms with Gasteiger partial charge < -0.3 is 26.3 Å². The summed E-state index contributed by atoms with van der Waals surface area (Å²) < 4.78 is 7.71. The lowest BCUT2D eigenvalue weighted by atomic mass is 10.0. The Morgan fingerprint density at radius 3 is 2.91 bits per heavy atom. The summed E-state index contributed by atoms with van der Waals surface area (Å²) in [5.74, 6) is -2.45. The standard InChI is InChI=1S/C20H18N8O5S2/c21-20-24-15(25-35-20)12(22-9-29)16(30)23-13-17(31)28-14(19(32)33)10(8-34-18(13)28)7-27-6-5-26-4-2-1-3-11(26)27/h1-6,9,12-13,18H,7-8H2,(H4-,21,22,23,24,25,29,30,32,33)/t12?,13-,18+/m1/s1. The molecule has 0 aliphatic carbocycles. The summed E-state index contributed by atoms with van der Waals surface area (Å²) in [6.07, 6.45) is 5.87. The number of β-lactam (4-membered cyclic amide) rings is 1. The number of aliphatic carboxylic acids is 1. The number of carboxylic acid groups (broad SMARTS) is 1. The van der Waals surface area contributed by atoms with E-state index in [-0.39, 0.29) is 23.2 Å². The summed E-state index contributed by atoms with van der Waals surface area (Å²) in [7, 11) is 0. The normalized spacial score (nSPS) is 20.2. The molecule has 1 saturated heterocycles. The van der Waals surface area contributed by atoms with E-state index in [1.165, 1.54) is 11.8 Å². The SMILES string of the molecule is Nc1nc(C(NC=O)C(=O)N[C@@H]2C(=O)N3C(C(=O)[O-])=C(C[n+]4ccn5ccccc54)CS[C@@H]23)ns1. The molecule has 13 nitrogen and oxygen atoms in total. The van der Waals surface area contributed by atoms with Crippen molar-refractivity contribution in [2.24, 2.45) is 0 Å². The van der Waals surface area contributed by atoms with E-state index in [4.69, 9.17) is 5.73 Å². The Morgan fingerprint density at radius 1 is 1.37 bits per heavy atom. The van der Waals surface area contributed by atoms with Gasteiger partial charge in [0.25, 0.3) is 17.5 Å². The molecule has 0 saturated carbocycles. The monoisotopic (exact) mass is 514 g/mol. The van der Waals surface area contributed by atoms with Gasteiger partial charge in [0, 0.05) is 28.9 Å². The Morgan fingerprint density at radius 2 is 2.20 bits per heavy atom. The third-order valence-corrected chi connectivity index (χ3v) is 7.58. The Bertz CT molecular complexity index is 1380. The van der Waals surface area contributed by atoms with Gasteiger partial charge in [-0.15, -0.1) is 11.8 Å². The molecule has 3 aromatic rings. The van der Waals surface area contributed by atoms with Crippen molar-refractivity contribution in [2.75, 3.05) is 11.5 Å². The predicted molar refractivity (Wildman–Crippen MR) is 121 cm³/mol. The molecule has 1 unspecified atom stereocenters. The van der Waals surface area contributed by atoms with Crippen molar-refractivity contribution in [3.63, 3.8) is 0 Å². The van der Waals surface area contributed by atoms with Crippen LogP contribution in [-0.4, -0.2) is 60.0 Å². The highest BCUT2D eigenvalue weighted by Crippen LogP contribution is 2.40. The fourth-order valence-corrected chi connectivity index (χ4v) is 5.92. The van der Waals surface area contributed by atoms with Gasteiger partial charge >= 0.3 is 0 Å². The Hall–Kier alpha value is -3.98. The maximum Gasteiger partial charge on any atom is 0.286 e. The summed E-state index contributed by atoms with van der Waals surface area (Å²) in [6, 6.07) is 3.42. The first-order chi connectivity index (χ1) is 16.9. The number of nitrogen functional groups attached to an aromatic ring is 1. The van der Waals surface area contributed by atoms with Crippen molar-refractivity contribution in [3.8, 4) is 0 Å². The number of amides is 3. The second-order valence-corrected chi connectivity index (χ2v) is 9.62. The number of carboxylic acids is 1. The van der Waals surface area contributed by atoms with E-state index in [2.05, 4.69) is 20.0 Å². The highest BCUT2D eigenvalue weighted by atomic mass is 32.2. The summed E-state index contributed by atoms with van der Waals surface area (Å²) >= 11 is 2.19. The molecule has 3 amide bonds. The number of hydrogen-bond donors (Lipinski definition) is 3. The average molecular weight is 515 g/mol. The Balaban J connectivity index is 1.36. The molecule has 0 spiro atoms. The van der Waals surface area contributed by atoms with Gasteiger partial charge in [-0.1, -0.05) is 6.07 Å². The lowest BCUT2D eigenvalue weighted by Gasteiger charge is -2.50. The molecule has 180 valence electrons. The van der Waals surface area contributed by atoms with Gasteiger partial charge in [-0.25, -0.2) is 14.0 Å². The van der Waals surface area contributed by atoms with Crippen LogP contribution in [0.3, 0.4) is 0 Å². The number of carbonyl (C=O) groups excluding carboxylic acids is 4. The number of rotatable bonds is 8. The Kier molecular flexibility index (Phi) is 5.86. The molecule has 4 N–H and O–H groups in total. The number of hydrogen-bond acceptors (Lipinski definition) is 10. The second kappa shape index (κ2) is 8.99. The Labute approximate surface area is 205 Å². The molecule has 0 radical (unpaired) electrons. The molecule has 1 fully saturated rings. The van der Waals surface area contributed by atoms with Crippen LogP contribution in [0.15, 0.2) is 48.1 Å². The largest absolute Gasteiger partial charge is 0.543 e. The molecule has 3 aromatic heterocycles. The zero-order valence-electron chi connectivity index (χ0n) is 17.9. The van der Waals surface area contributed by atoms with Gasteiger partial charge in [0.1, 0.15) is 30.4 Å². The quantitative estimate of drug-likeness (QED) is 0.167. The van der Waals surface area contributed by atoms with Crippen molar-refractivity contribution in [3.05, 3.63) is 53.9 Å². The topological polar surface area (TPSA) is 179 Å². The van der Waals surface area contributed by atoms with Crippen molar-refractivity contribution in [1.82, 2.24) is 29.3 Å². The highest BCUT2D eigenvalue weighted by Gasteiger charge is 2.53. The van der Waals surface area contributed by atoms with Crippen LogP contribution in [0.2, 0.25) is 0 Å². The minimum absolute atomic E-state index is 0.00791. The smallest absolute Gasteiger partial charge is 0.286 e. The van der Waals surface area contributed by atoms with Gasteiger partial charge in [0.15, 0.2) is 17.0 Å². The number of thioether (sulfide) groups is 1. The van der Waals surface area contributed by atoms with Crippen molar-refractivity contribution >= 4 is 58.3 Å². The van der Waals surface area contributed by atoms with E-state index in [0.29, 0.717) is 17.7 Å². The van der Waals surface area contributed by atoms with Gasteiger partial charge in [-0.2, -0.15) is 4.37 Å². The van der Waals surface area contributed by atoms with Gasteiger partial charge in [-0.3, -0.25) is 19.3 Å². The van der Waals surface area contributed by atoms with Crippen LogP contribution in [0.5, 0.6) is 0 Å². The molecule has 0 bridgehead atoms. The van der Waals surface area contributed by atoms with Crippen molar-refractivity contribution in [2.45, 2.75) is 24.0 Å².